The lowest BCUT2D eigenvalue weighted by molar-refractivity contribution is -0.139. The summed E-state index contributed by atoms with van der Waals surface area (Å²) in [6, 6.07) is 3.02. The second kappa shape index (κ2) is 5.00. The Morgan fingerprint density at radius 1 is 1.39 bits per heavy atom. The van der Waals surface area contributed by atoms with Gasteiger partial charge in [0.25, 0.3) is 0 Å². The van der Waals surface area contributed by atoms with E-state index in [1.54, 1.807) is 6.07 Å². The van der Waals surface area contributed by atoms with Gasteiger partial charge >= 0.3 is 11.9 Å². The monoisotopic (exact) mass is 286 g/mol. The van der Waals surface area contributed by atoms with Crippen molar-refractivity contribution < 1.29 is 19.1 Å². The van der Waals surface area contributed by atoms with E-state index in [1.807, 2.05) is 0 Å². The summed E-state index contributed by atoms with van der Waals surface area (Å²) in [5.74, 6) is -0.963. The van der Waals surface area contributed by atoms with Gasteiger partial charge in [-0.2, -0.15) is 0 Å². The van der Waals surface area contributed by atoms with Crippen LogP contribution in [0.4, 0.5) is 0 Å². The standard InChI is InChI=1S/C12H8Cl2O4/c1-17-12(16)7-2-6-3-8(13)5-9(14)11(6)18-10(15)4-7/h2-3,5H,4H2,1H3. The molecule has 2 rings (SSSR count). The van der Waals surface area contributed by atoms with Crippen LogP contribution in [0.1, 0.15) is 12.0 Å². The summed E-state index contributed by atoms with van der Waals surface area (Å²) in [6.45, 7) is 0. The number of ether oxygens (including phenoxy) is 2. The molecule has 0 amide bonds. The Morgan fingerprint density at radius 2 is 2.11 bits per heavy atom. The van der Waals surface area contributed by atoms with Crippen LogP contribution in [0.25, 0.3) is 6.08 Å². The molecule has 0 saturated heterocycles. The van der Waals surface area contributed by atoms with Crippen LogP contribution >= 0.6 is 23.2 Å². The number of halogens is 2. The van der Waals surface area contributed by atoms with Crippen molar-refractivity contribution in [2.24, 2.45) is 0 Å². The first-order valence-electron chi connectivity index (χ1n) is 5.00. The minimum Gasteiger partial charge on any atom is -0.466 e. The van der Waals surface area contributed by atoms with Crippen molar-refractivity contribution in [1.82, 2.24) is 0 Å². The van der Waals surface area contributed by atoms with Crippen LogP contribution in [-0.4, -0.2) is 19.0 Å². The van der Waals surface area contributed by atoms with E-state index in [2.05, 4.69) is 4.74 Å². The molecule has 6 heteroatoms. The van der Waals surface area contributed by atoms with E-state index in [1.165, 1.54) is 19.3 Å². The van der Waals surface area contributed by atoms with Gasteiger partial charge in [0.05, 0.1) is 18.6 Å². The van der Waals surface area contributed by atoms with Gasteiger partial charge in [-0.1, -0.05) is 23.2 Å². The van der Waals surface area contributed by atoms with E-state index in [0.717, 1.165) is 0 Å². The molecule has 0 bridgehead atoms. The first kappa shape index (κ1) is 12.9. The molecule has 0 N–H and O–H groups in total. The zero-order valence-corrected chi connectivity index (χ0v) is 10.8. The molecule has 1 aliphatic heterocycles. The maximum atomic E-state index is 11.6. The first-order valence-corrected chi connectivity index (χ1v) is 5.75. The van der Waals surface area contributed by atoms with Crippen LogP contribution in [0, 0.1) is 0 Å². The van der Waals surface area contributed by atoms with Crippen molar-refractivity contribution in [1.29, 1.82) is 0 Å². The lowest BCUT2D eigenvalue weighted by Gasteiger charge is -2.06. The summed E-state index contributed by atoms with van der Waals surface area (Å²) in [7, 11) is 1.24. The van der Waals surface area contributed by atoms with E-state index < -0.39 is 11.9 Å². The fourth-order valence-electron chi connectivity index (χ4n) is 1.60. The van der Waals surface area contributed by atoms with Gasteiger partial charge in [0.2, 0.25) is 0 Å². The molecule has 1 aromatic rings. The Hall–Kier alpha value is -1.52. The van der Waals surface area contributed by atoms with E-state index in [-0.39, 0.29) is 22.8 Å². The SMILES string of the molecule is COC(=O)C1=Cc2cc(Cl)cc(Cl)c2OC(=O)C1. The molecular formula is C12H8Cl2O4. The molecule has 1 aromatic carbocycles. The second-order valence-electron chi connectivity index (χ2n) is 3.62. The van der Waals surface area contributed by atoms with Crippen LogP contribution in [-0.2, 0) is 14.3 Å². The van der Waals surface area contributed by atoms with Gasteiger partial charge in [0.1, 0.15) is 0 Å². The number of fused-ring (bicyclic) bond motifs is 1. The van der Waals surface area contributed by atoms with Gasteiger partial charge < -0.3 is 9.47 Å². The maximum Gasteiger partial charge on any atom is 0.334 e. The highest BCUT2D eigenvalue weighted by Gasteiger charge is 2.23. The van der Waals surface area contributed by atoms with Crippen molar-refractivity contribution >= 4 is 41.2 Å². The fourth-order valence-corrected chi connectivity index (χ4v) is 2.15. The van der Waals surface area contributed by atoms with Crippen molar-refractivity contribution in [3.8, 4) is 5.75 Å². The number of rotatable bonds is 1. The van der Waals surface area contributed by atoms with E-state index in [9.17, 15) is 9.59 Å². The minimum atomic E-state index is -0.587. The molecule has 94 valence electrons. The highest BCUT2D eigenvalue weighted by molar-refractivity contribution is 6.36. The smallest absolute Gasteiger partial charge is 0.334 e. The number of hydrogen-bond acceptors (Lipinski definition) is 4. The molecule has 0 saturated carbocycles. The quantitative estimate of drug-likeness (QED) is 0.588. The summed E-state index contributed by atoms with van der Waals surface area (Å²) < 4.78 is 9.67. The summed E-state index contributed by atoms with van der Waals surface area (Å²) in [6.07, 6.45) is 1.32. The van der Waals surface area contributed by atoms with Crippen LogP contribution in [0.3, 0.4) is 0 Å². The molecule has 0 radical (unpaired) electrons. The highest BCUT2D eigenvalue weighted by Crippen LogP contribution is 2.36. The topological polar surface area (TPSA) is 52.6 Å². The molecule has 0 spiro atoms. The van der Waals surface area contributed by atoms with Gasteiger partial charge in [-0.3, -0.25) is 4.79 Å². The lowest BCUT2D eigenvalue weighted by Crippen LogP contribution is -2.12. The van der Waals surface area contributed by atoms with Crippen molar-refractivity contribution in [2.45, 2.75) is 6.42 Å². The Kier molecular flexibility index (Phi) is 3.59. The number of carbonyl (C=O) groups excluding carboxylic acids is 2. The molecule has 18 heavy (non-hydrogen) atoms. The van der Waals surface area contributed by atoms with Gasteiger partial charge in [-0.05, 0) is 18.2 Å². The molecule has 0 fully saturated rings. The van der Waals surface area contributed by atoms with Crippen molar-refractivity contribution in [2.75, 3.05) is 7.11 Å². The minimum absolute atomic E-state index is 0.171. The molecule has 1 aliphatic rings. The Labute approximate surface area is 113 Å². The molecule has 0 aromatic heterocycles. The average molecular weight is 287 g/mol. The third-order valence-electron chi connectivity index (χ3n) is 2.37. The van der Waals surface area contributed by atoms with Crippen LogP contribution in [0.2, 0.25) is 10.0 Å². The predicted molar refractivity (Wildman–Crippen MR) is 66.7 cm³/mol. The molecular weight excluding hydrogens is 279 g/mol. The number of hydrogen-bond donors (Lipinski definition) is 0. The van der Waals surface area contributed by atoms with E-state index in [4.69, 9.17) is 27.9 Å². The Bertz CT molecular complexity index is 563. The van der Waals surface area contributed by atoms with Crippen LogP contribution in [0.15, 0.2) is 17.7 Å². The normalized spacial score (nSPS) is 14.2. The van der Waals surface area contributed by atoms with Crippen molar-refractivity contribution in [3.05, 3.63) is 33.3 Å². The molecule has 4 nitrogen and oxygen atoms in total. The van der Waals surface area contributed by atoms with Crippen molar-refractivity contribution in [3.63, 3.8) is 0 Å². The summed E-state index contributed by atoms with van der Waals surface area (Å²) in [5, 5.41) is 0.602. The summed E-state index contributed by atoms with van der Waals surface area (Å²) in [5.41, 5.74) is 0.665. The summed E-state index contributed by atoms with van der Waals surface area (Å²) in [4.78, 5) is 23.0. The number of benzene rings is 1. The highest BCUT2D eigenvalue weighted by atomic mass is 35.5. The maximum absolute atomic E-state index is 11.6. The number of methoxy groups -OCH3 is 1. The zero-order chi connectivity index (χ0) is 13.3. The van der Waals surface area contributed by atoms with Gasteiger partial charge in [-0.15, -0.1) is 0 Å². The summed E-state index contributed by atoms with van der Waals surface area (Å²) >= 11 is 11.8. The van der Waals surface area contributed by atoms with Gasteiger partial charge in [0, 0.05) is 16.2 Å². The third-order valence-corrected chi connectivity index (χ3v) is 2.86. The fraction of sp³-hybridized carbons (Fsp3) is 0.167. The average Bonchev–Trinajstić information content (AvgIpc) is 2.47. The van der Waals surface area contributed by atoms with Crippen LogP contribution < -0.4 is 4.74 Å². The van der Waals surface area contributed by atoms with Gasteiger partial charge in [-0.25, -0.2) is 4.79 Å². The van der Waals surface area contributed by atoms with Gasteiger partial charge in [0.15, 0.2) is 5.75 Å². The largest absolute Gasteiger partial charge is 0.466 e. The Morgan fingerprint density at radius 3 is 2.78 bits per heavy atom. The lowest BCUT2D eigenvalue weighted by atomic mass is 10.1. The van der Waals surface area contributed by atoms with Crippen LogP contribution in [0.5, 0.6) is 5.75 Å². The molecule has 0 atom stereocenters. The number of esters is 2. The second-order valence-corrected chi connectivity index (χ2v) is 4.46. The third kappa shape index (κ3) is 2.49. The molecule has 1 heterocycles. The molecule has 0 unspecified atom stereocenters. The number of carbonyl (C=O) groups is 2. The first-order chi connectivity index (χ1) is 8.51. The van der Waals surface area contributed by atoms with E-state index in [0.29, 0.717) is 10.6 Å². The Balaban J connectivity index is 2.58. The predicted octanol–water partition coefficient (Wildman–Crippen LogP) is 2.86. The zero-order valence-electron chi connectivity index (χ0n) is 9.33. The molecule has 0 aliphatic carbocycles. The van der Waals surface area contributed by atoms with E-state index >= 15 is 0 Å².